The number of para-hydroxylation sites is 4. The van der Waals surface area contributed by atoms with E-state index in [1.807, 2.05) is 72.8 Å². The minimum absolute atomic E-state index is 0.0578. The van der Waals surface area contributed by atoms with Crippen LogP contribution in [0.25, 0.3) is 88.8 Å². The van der Waals surface area contributed by atoms with Crippen LogP contribution in [0.5, 0.6) is 23.0 Å². The average Bonchev–Trinajstić information content (AvgIpc) is 3.86. The fraction of sp³-hybridized carbons (Fsp3) is 0.0417. The van der Waals surface area contributed by atoms with Crippen LogP contribution in [0.3, 0.4) is 0 Å². The Bertz CT molecular complexity index is 3190. The van der Waals surface area contributed by atoms with Crippen LogP contribution in [0, 0.1) is 0 Å². The Morgan fingerprint density at radius 1 is 0.418 bits per heavy atom. The number of hydrogen-bond acceptors (Lipinski definition) is 4. The van der Waals surface area contributed by atoms with Gasteiger partial charge in [0.1, 0.15) is 5.69 Å². The molecular weight excluding hydrogens is 683 g/mol. The largest absolute Gasteiger partial charge is 0.504 e. The van der Waals surface area contributed by atoms with Crippen LogP contribution in [-0.2, 0) is 6.42 Å². The summed E-state index contributed by atoms with van der Waals surface area (Å²) in [4.78, 5) is 0. The summed E-state index contributed by atoms with van der Waals surface area (Å²) >= 11 is 0. The summed E-state index contributed by atoms with van der Waals surface area (Å²) in [7, 11) is 0. The fourth-order valence-corrected chi connectivity index (χ4v) is 8.98. The second-order valence-corrected chi connectivity index (χ2v) is 14.2. The van der Waals surface area contributed by atoms with E-state index in [4.69, 9.17) is 0 Å². The third-order valence-electron chi connectivity index (χ3n) is 11.3. The maximum atomic E-state index is 11.7. The van der Waals surface area contributed by atoms with Gasteiger partial charge in [0, 0.05) is 44.0 Å². The van der Waals surface area contributed by atoms with Gasteiger partial charge in [0.05, 0.1) is 33.1 Å². The van der Waals surface area contributed by atoms with E-state index in [9.17, 15) is 20.4 Å². The SMILES string of the molecule is Oc1c(O)c(-n2c3ccccc3c3ccccc32)c(O)c(O)c1-c1ccc2c(c1)c1ccccc1n2-c1cccc(-n2c3c(c4ccccc42)CCC=C3)c1. The van der Waals surface area contributed by atoms with E-state index >= 15 is 0 Å². The number of fused-ring (bicyclic) bond motifs is 9. The predicted octanol–water partition coefficient (Wildman–Crippen LogP) is 11.3. The van der Waals surface area contributed by atoms with E-state index in [2.05, 4.69) is 81.9 Å². The van der Waals surface area contributed by atoms with E-state index < -0.39 is 23.0 Å². The molecule has 0 radical (unpaired) electrons. The minimum Gasteiger partial charge on any atom is -0.504 e. The molecule has 0 saturated carbocycles. The summed E-state index contributed by atoms with van der Waals surface area (Å²) < 4.78 is 6.25. The van der Waals surface area contributed by atoms with Gasteiger partial charge in [0.25, 0.3) is 0 Å². The van der Waals surface area contributed by atoms with Gasteiger partial charge in [0.15, 0.2) is 23.0 Å². The Morgan fingerprint density at radius 3 is 1.56 bits per heavy atom. The number of rotatable bonds is 4. The minimum atomic E-state index is -0.536. The standard InChI is InChI=1S/C48H33N3O4/c52-45-43(46(53)48(55)44(47(45)54)51-40-22-9-3-16-33(40)34-17-4-10-23-41(34)51)28-24-25-42-36(26-28)35-18-5-8-21-39(35)50(42)30-13-11-12-29(27-30)49-37-19-6-1-14-31(37)32-15-2-7-20-38(32)49/h1,3-14,16-27,52-55H,2,15H2. The molecule has 10 aromatic rings. The first-order valence-electron chi connectivity index (χ1n) is 18.4. The van der Waals surface area contributed by atoms with Crippen LogP contribution >= 0.6 is 0 Å². The third-order valence-corrected chi connectivity index (χ3v) is 11.3. The van der Waals surface area contributed by atoms with Gasteiger partial charge in [-0.1, -0.05) is 91.0 Å². The number of benzene rings is 7. The zero-order valence-corrected chi connectivity index (χ0v) is 29.5. The molecule has 7 aromatic carbocycles. The molecule has 0 aliphatic heterocycles. The van der Waals surface area contributed by atoms with Crippen LogP contribution in [0.1, 0.15) is 17.7 Å². The summed E-state index contributed by atoms with van der Waals surface area (Å²) in [6, 6.07) is 46.3. The number of aromatic hydroxyl groups is 4. The summed E-state index contributed by atoms with van der Waals surface area (Å²) in [5, 5.41) is 51.7. The highest BCUT2D eigenvalue weighted by molar-refractivity contribution is 6.12. The molecular formula is C48H33N3O4. The highest BCUT2D eigenvalue weighted by Gasteiger charge is 2.28. The lowest BCUT2D eigenvalue weighted by Crippen LogP contribution is -2.02. The first kappa shape index (κ1) is 31.2. The maximum Gasteiger partial charge on any atom is 0.186 e. The molecule has 1 aliphatic rings. The zero-order chi connectivity index (χ0) is 36.9. The first-order chi connectivity index (χ1) is 27.0. The molecule has 4 N–H and O–H groups in total. The predicted molar refractivity (Wildman–Crippen MR) is 221 cm³/mol. The van der Waals surface area contributed by atoms with Gasteiger partial charge >= 0.3 is 0 Å². The lowest BCUT2D eigenvalue weighted by molar-refractivity contribution is 0.373. The Kier molecular flexibility index (Phi) is 6.55. The van der Waals surface area contributed by atoms with Crippen molar-refractivity contribution >= 4 is 60.6 Å². The fourth-order valence-electron chi connectivity index (χ4n) is 8.98. The van der Waals surface area contributed by atoms with Gasteiger partial charge in [-0.3, -0.25) is 0 Å². The summed E-state index contributed by atoms with van der Waals surface area (Å²) in [6.07, 6.45) is 6.53. The Balaban J connectivity index is 1.09. The molecule has 3 aromatic heterocycles. The Morgan fingerprint density at radius 2 is 0.927 bits per heavy atom. The van der Waals surface area contributed by atoms with Gasteiger partial charge in [0.2, 0.25) is 0 Å². The quantitative estimate of drug-likeness (QED) is 0.108. The van der Waals surface area contributed by atoms with Crippen molar-refractivity contribution in [2.24, 2.45) is 0 Å². The van der Waals surface area contributed by atoms with Crippen molar-refractivity contribution in [3.63, 3.8) is 0 Å². The number of nitrogens with zero attached hydrogens (tertiary/aromatic N) is 3. The average molecular weight is 716 g/mol. The van der Waals surface area contributed by atoms with E-state index in [1.54, 1.807) is 10.6 Å². The summed E-state index contributed by atoms with van der Waals surface area (Å²) in [5.41, 5.74) is 9.44. The normalized spacial score (nSPS) is 12.8. The van der Waals surface area contributed by atoms with Crippen LogP contribution in [0.15, 0.2) is 146 Å². The third kappa shape index (κ3) is 4.32. The molecule has 264 valence electrons. The van der Waals surface area contributed by atoms with Crippen LogP contribution in [0.4, 0.5) is 0 Å². The van der Waals surface area contributed by atoms with Crippen molar-refractivity contribution in [2.45, 2.75) is 12.8 Å². The van der Waals surface area contributed by atoms with E-state index in [0.29, 0.717) is 16.6 Å². The van der Waals surface area contributed by atoms with Crippen LogP contribution in [-0.4, -0.2) is 34.1 Å². The van der Waals surface area contributed by atoms with Crippen molar-refractivity contribution in [1.29, 1.82) is 0 Å². The van der Waals surface area contributed by atoms with Crippen molar-refractivity contribution < 1.29 is 20.4 Å². The molecule has 11 rings (SSSR count). The molecule has 0 amide bonds. The molecule has 0 fully saturated rings. The van der Waals surface area contributed by atoms with Gasteiger partial charge in [-0.2, -0.15) is 0 Å². The smallest absolute Gasteiger partial charge is 0.186 e. The molecule has 7 nitrogen and oxygen atoms in total. The number of aryl methyl sites for hydroxylation is 1. The summed E-state index contributed by atoms with van der Waals surface area (Å²) in [5.74, 6) is -2.13. The van der Waals surface area contributed by atoms with Gasteiger partial charge in [-0.15, -0.1) is 0 Å². The molecule has 1 aliphatic carbocycles. The van der Waals surface area contributed by atoms with Gasteiger partial charge in [-0.05, 0) is 84.6 Å². The van der Waals surface area contributed by atoms with Gasteiger partial charge < -0.3 is 34.1 Å². The molecule has 3 heterocycles. The van der Waals surface area contributed by atoms with Crippen molar-refractivity contribution in [2.75, 3.05) is 0 Å². The van der Waals surface area contributed by atoms with Crippen molar-refractivity contribution in [3.8, 4) is 51.2 Å². The second-order valence-electron chi connectivity index (χ2n) is 14.2. The maximum absolute atomic E-state index is 11.7. The molecule has 0 saturated heterocycles. The molecule has 55 heavy (non-hydrogen) atoms. The number of phenols is 4. The van der Waals surface area contributed by atoms with E-state index in [-0.39, 0.29) is 11.3 Å². The highest BCUT2D eigenvalue weighted by atomic mass is 16.3. The lowest BCUT2D eigenvalue weighted by atomic mass is 9.99. The molecule has 0 atom stereocenters. The molecule has 7 heteroatoms. The van der Waals surface area contributed by atoms with Crippen LogP contribution in [0.2, 0.25) is 0 Å². The Hall–Kier alpha value is -7.38. The monoisotopic (exact) mass is 715 g/mol. The lowest BCUT2D eigenvalue weighted by Gasteiger charge is -2.18. The highest BCUT2D eigenvalue weighted by Crippen LogP contribution is 2.54. The topological polar surface area (TPSA) is 95.7 Å². The zero-order valence-electron chi connectivity index (χ0n) is 29.5. The number of hydrogen-bond donors (Lipinski definition) is 4. The van der Waals surface area contributed by atoms with E-state index in [1.165, 1.54) is 22.2 Å². The second kappa shape index (κ2) is 11.6. The first-order valence-corrected chi connectivity index (χ1v) is 18.4. The van der Waals surface area contributed by atoms with Gasteiger partial charge in [-0.25, -0.2) is 0 Å². The van der Waals surface area contributed by atoms with E-state index in [0.717, 1.165) is 56.8 Å². The molecule has 0 bridgehead atoms. The van der Waals surface area contributed by atoms with Crippen molar-refractivity contribution in [3.05, 3.63) is 157 Å². The number of phenolic OH excluding ortho intramolecular Hbond substituents is 4. The van der Waals surface area contributed by atoms with Crippen molar-refractivity contribution in [1.82, 2.24) is 13.7 Å². The number of aromatic nitrogens is 3. The summed E-state index contributed by atoms with van der Waals surface area (Å²) in [6.45, 7) is 0. The number of allylic oxidation sites excluding steroid dienone is 1. The molecule has 0 spiro atoms. The Labute approximate surface area is 314 Å². The van der Waals surface area contributed by atoms with Crippen LogP contribution < -0.4 is 0 Å². The molecule has 0 unspecified atom stereocenters.